The minimum Gasteiger partial charge on any atom is -0.482 e. The molecule has 27 heavy (non-hydrogen) atoms. The molecule has 0 unspecified atom stereocenters. The minimum atomic E-state index is -0.969. The molecule has 0 bridgehead atoms. The summed E-state index contributed by atoms with van der Waals surface area (Å²) in [7, 11) is 0. The molecule has 1 N–H and O–H groups in total. The number of ether oxygens (including phenoxy) is 2. The van der Waals surface area contributed by atoms with Crippen molar-refractivity contribution in [3.05, 3.63) is 65.7 Å². The van der Waals surface area contributed by atoms with E-state index in [-0.39, 0.29) is 24.5 Å². The van der Waals surface area contributed by atoms with Crippen LogP contribution in [0, 0.1) is 0 Å². The van der Waals surface area contributed by atoms with Gasteiger partial charge < -0.3 is 14.8 Å². The number of nitrogens with one attached hydrogen (secondary N) is 1. The van der Waals surface area contributed by atoms with Crippen molar-refractivity contribution >= 4 is 11.9 Å². The smallest absolute Gasteiger partial charge is 0.345 e. The van der Waals surface area contributed by atoms with Gasteiger partial charge in [-0.1, -0.05) is 62.4 Å². The summed E-state index contributed by atoms with van der Waals surface area (Å²) in [4.78, 5) is 24.9. The second kappa shape index (κ2) is 8.71. The maximum Gasteiger partial charge on any atom is 0.345 e. The standard InChI is InChI=1S/C22H25NO4/c1-15(2)18-10-6-7-11-19(18)26-14-20(24)27-21(16-8-4-3-5-9-16)22(25)23-17-12-13-17/h3-11,15,17,21H,12-14H2,1-2H3,(H,23,25)/t21-/m0/s1. The molecule has 0 aromatic heterocycles. The second-order valence-corrected chi connectivity index (χ2v) is 7.04. The normalized spacial score (nSPS) is 14.5. The zero-order valence-corrected chi connectivity index (χ0v) is 15.7. The van der Waals surface area contributed by atoms with Gasteiger partial charge in [0.05, 0.1) is 0 Å². The third-order valence-electron chi connectivity index (χ3n) is 4.40. The van der Waals surface area contributed by atoms with E-state index >= 15 is 0 Å². The Morgan fingerprint density at radius 2 is 1.70 bits per heavy atom. The Labute approximate surface area is 159 Å². The largest absolute Gasteiger partial charge is 0.482 e. The van der Waals surface area contributed by atoms with Crippen LogP contribution in [-0.2, 0) is 14.3 Å². The van der Waals surface area contributed by atoms with Gasteiger partial charge in [-0.2, -0.15) is 0 Å². The van der Waals surface area contributed by atoms with Crippen LogP contribution in [0.25, 0.3) is 0 Å². The number of amides is 1. The summed E-state index contributed by atoms with van der Waals surface area (Å²) in [6, 6.07) is 16.8. The SMILES string of the molecule is CC(C)c1ccccc1OCC(=O)O[C@H](C(=O)NC1CC1)c1ccccc1. The lowest BCUT2D eigenvalue weighted by molar-refractivity contribution is -0.158. The molecule has 1 aliphatic carbocycles. The molecule has 0 saturated heterocycles. The van der Waals surface area contributed by atoms with Gasteiger partial charge in [0.25, 0.3) is 5.91 Å². The summed E-state index contributed by atoms with van der Waals surface area (Å²) < 4.78 is 11.1. The highest BCUT2D eigenvalue weighted by Gasteiger charge is 2.30. The Morgan fingerprint density at radius 3 is 2.37 bits per heavy atom. The molecule has 5 heteroatoms. The van der Waals surface area contributed by atoms with E-state index in [9.17, 15) is 9.59 Å². The van der Waals surface area contributed by atoms with E-state index in [1.165, 1.54) is 0 Å². The van der Waals surface area contributed by atoms with E-state index in [4.69, 9.17) is 9.47 Å². The summed E-state index contributed by atoms with van der Waals surface area (Å²) in [5.74, 6) is 0.0646. The zero-order valence-electron chi connectivity index (χ0n) is 15.7. The van der Waals surface area contributed by atoms with E-state index in [2.05, 4.69) is 19.2 Å². The molecule has 0 spiro atoms. The van der Waals surface area contributed by atoms with E-state index in [1.807, 2.05) is 42.5 Å². The number of hydrogen-bond donors (Lipinski definition) is 1. The molecule has 5 nitrogen and oxygen atoms in total. The molecule has 1 amide bonds. The minimum absolute atomic E-state index is 0.191. The molecule has 1 fully saturated rings. The molecule has 1 saturated carbocycles. The summed E-state index contributed by atoms with van der Waals surface area (Å²) in [5, 5.41) is 2.90. The van der Waals surface area contributed by atoms with Gasteiger partial charge in [-0.05, 0) is 30.4 Å². The van der Waals surface area contributed by atoms with E-state index < -0.39 is 12.1 Å². The topological polar surface area (TPSA) is 64.6 Å². The van der Waals surface area contributed by atoms with Crippen LogP contribution < -0.4 is 10.1 Å². The van der Waals surface area contributed by atoms with Crippen LogP contribution >= 0.6 is 0 Å². The molecule has 142 valence electrons. The first kappa shape index (κ1) is 19.0. The average Bonchev–Trinajstić information content (AvgIpc) is 3.49. The van der Waals surface area contributed by atoms with Crippen molar-refractivity contribution in [3.63, 3.8) is 0 Å². The van der Waals surface area contributed by atoms with Crippen molar-refractivity contribution in [2.45, 2.75) is 44.8 Å². The number of benzene rings is 2. The quantitative estimate of drug-likeness (QED) is 0.722. The number of para-hydroxylation sites is 1. The number of carbonyl (C=O) groups excluding carboxylic acids is 2. The molecular weight excluding hydrogens is 342 g/mol. The van der Waals surface area contributed by atoms with Crippen LogP contribution in [0.3, 0.4) is 0 Å². The van der Waals surface area contributed by atoms with Gasteiger partial charge in [-0.15, -0.1) is 0 Å². The molecule has 0 heterocycles. The number of carbonyl (C=O) groups is 2. The zero-order chi connectivity index (χ0) is 19.2. The molecule has 3 rings (SSSR count). The Kier molecular flexibility index (Phi) is 6.12. The maximum absolute atomic E-state index is 12.5. The highest BCUT2D eigenvalue weighted by Crippen LogP contribution is 2.26. The average molecular weight is 367 g/mol. The Morgan fingerprint density at radius 1 is 1.04 bits per heavy atom. The number of esters is 1. The van der Waals surface area contributed by atoms with Crippen molar-refractivity contribution < 1.29 is 19.1 Å². The Balaban J connectivity index is 1.65. The number of rotatable bonds is 8. The van der Waals surface area contributed by atoms with Crippen LogP contribution in [0.1, 0.15) is 49.8 Å². The van der Waals surface area contributed by atoms with Crippen LogP contribution in [0.4, 0.5) is 0 Å². The highest BCUT2D eigenvalue weighted by atomic mass is 16.6. The molecule has 2 aromatic rings. The molecular formula is C22H25NO4. The predicted molar refractivity (Wildman–Crippen MR) is 102 cm³/mol. The fraction of sp³-hybridized carbons (Fsp3) is 0.364. The Bertz CT molecular complexity index is 784. The van der Waals surface area contributed by atoms with Crippen LogP contribution in [0.2, 0.25) is 0 Å². The summed E-state index contributed by atoms with van der Waals surface area (Å²) in [6.07, 6.45) is 0.968. The van der Waals surface area contributed by atoms with E-state index in [0.717, 1.165) is 18.4 Å². The summed E-state index contributed by atoms with van der Waals surface area (Å²) in [6.45, 7) is 3.88. The second-order valence-electron chi connectivity index (χ2n) is 7.04. The lowest BCUT2D eigenvalue weighted by atomic mass is 10.0. The van der Waals surface area contributed by atoms with Crippen molar-refractivity contribution in [2.75, 3.05) is 6.61 Å². The third-order valence-corrected chi connectivity index (χ3v) is 4.40. The molecule has 0 radical (unpaired) electrons. The van der Waals surface area contributed by atoms with Crippen molar-refractivity contribution in [3.8, 4) is 5.75 Å². The van der Waals surface area contributed by atoms with Gasteiger partial charge >= 0.3 is 5.97 Å². The van der Waals surface area contributed by atoms with Crippen LogP contribution in [0.5, 0.6) is 5.75 Å². The monoisotopic (exact) mass is 367 g/mol. The molecule has 1 aliphatic rings. The number of hydrogen-bond acceptors (Lipinski definition) is 4. The fourth-order valence-corrected chi connectivity index (χ4v) is 2.80. The van der Waals surface area contributed by atoms with Crippen LogP contribution in [-0.4, -0.2) is 24.5 Å². The van der Waals surface area contributed by atoms with Crippen molar-refractivity contribution in [1.82, 2.24) is 5.32 Å². The van der Waals surface area contributed by atoms with Gasteiger partial charge in [0.15, 0.2) is 6.61 Å². The van der Waals surface area contributed by atoms with Gasteiger partial charge in [0.1, 0.15) is 5.75 Å². The lowest BCUT2D eigenvalue weighted by Gasteiger charge is -2.19. The predicted octanol–water partition coefficient (Wildman–Crippen LogP) is 3.75. The van der Waals surface area contributed by atoms with Crippen molar-refractivity contribution in [2.24, 2.45) is 0 Å². The van der Waals surface area contributed by atoms with Crippen LogP contribution in [0.15, 0.2) is 54.6 Å². The molecule has 0 aliphatic heterocycles. The first-order valence-corrected chi connectivity index (χ1v) is 9.31. The lowest BCUT2D eigenvalue weighted by Crippen LogP contribution is -2.34. The van der Waals surface area contributed by atoms with Gasteiger partial charge in [0, 0.05) is 11.6 Å². The molecule has 1 atom stereocenters. The van der Waals surface area contributed by atoms with Crippen molar-refractivity contribution in [1.29, 1.82) is 0 Å². The fourth-order valence-electron chi connectivity index (χ4n) is 2.80. The van der Waals surface area contributed by atoms with Gasteiger partial charge in [-0.25, -0.2) is 4.79 Å². The third kappa shape index (κ3) is 5.33. The van der Waals surface area contributed by atoms with E-state index in [0.29, 0.717) is 11.3 Å². The first-order valence-electron chi connectivity index (χ1n) is 9.31. The summed E-state index contributed by atoms with van der Waals surface area (Å²) >= 11 is 0. The molecule has 2 aromatic carbocycles. The maximum atomic E-state index is 12.5. The Hall–Kier alpha value is -2.82. The van der Waals surface area contributed by atoms with E-state index in [1.54, 1.807) is 12.1 Å². The summed E-state index contributed by atoms with van der Waals surface area (Å²) in [5.41, 5.74) is 1.67. The van der Waals surface area contributed by atoms with Gasteiger partial charge in [-0.3, -0.25) is 4.79 Å². The first-order chi connectivity index (χ1) is 13.0. The van der Waals surface area contributed by atoms with Gasteiger partial charge in [0.2, 0.25) is 6.10 Å². The highest BCUT2D eigenvalue weighted by molar-refractivity contribution is 5.85.